The third-order valence-electron chi connectivity index (χ3n) is 4.63. The number of anilines is 1. The van der Waals surface area contributed by atoms with Crippen molar-refractivity contribution in [3.63, 3.8) is 0 Å². The van der Waals surface area contributed by atoms with E-state index in [1.807, 2.05) is 12.1 Å². The number of hydrogen-bond acceptors (Lipinski definition) is 7. The number of carbonyl (C=O) groups is 1. The lowest BCUT2D eigenvalue weighted by Crippen LogP contribution is -2.44. The van der Waals surface area contributed by atoms with Crippen molar-refractivity contribution < 1.29 is 4.79 Å². The van der Waals surface area contributed by atoms with E-state index in [1.54, 1.807) is 24.5 Å². The van der Waals surface area contributed by atoms with Crippen molar-refractivity contribution in [1.29, 1.82) is 0 Å². The predicted octanol–water partition coefficient (Wildman–Crippen LogP) is 1.36. The molecule has 1 N–H and O–H groups in total. The van der Waals surface area contributed by atoms with Gasteiger partial charge in [-0.05, 0) is 42.3 Å². The Labute approximate surface area is 160 Å². The Morgan fingerprint density at radius 3 is 2.70 bits per heavy atom. The average Bonchev–Trinajstić information content (AvgIpc) is 3.04. The zero-order valence-corrected chi connectivity index (χ0v) is 15.8. The third kappa shape index (κ3) is 3.69. The van der Waals surface area contributed by atoms with Crippen LogP contribution in [0.3, 0.4) is 0 Å². The van der Waals surface area contributed by atoms with Crippen molar-refractivity contribution in [2.24, 2.45) is 0 Å². The van der Waals surface area contributed by atoms with Gasteiger partial charge in [0.15, 0.2) is 0 Å². The second kappa shape index (κ2) is 7.45. The van der Waals surface area contributed by atoms with Crippen LogP contribution >= 0.6 is 11.5 Å². The average molecular weight is 384 g/mol. The third-order valence-corrected chi connectivity index (χ3v) is 5.64. The van der Waals surface area contributed by atoms with Crippen molar-refractivity contribution in [1.82, 2.24) is 24.1 Å². The summed E-state index contributed by atoms with van der Waals surface area (Å²) in [5, 5.41) is 3.22. The molecule has 0 radical (unpaired) electrons. The molecule has 3 aromatic heterocycles. The monoisotopic (exact) mass is 384 g/mol. The Morgan fingerprint density at radius 1 is 1.19 bits per heavy atom. The molecule has 4 rings (SSSR count). The summed E-state index contributed by atoms with van der Waals surface area (Å²) in [6.45, 7) is 4.28. The van der Waals surface area contributed by atoms with Crippen LogP contribution in [0.1, 0.15) is 5.56 Å². The van der Waals surface area contributed by atoms with Crippen molar-refractivity contribution in [2.45, 2.75) is 6.54 Å². The zero-order chi connectivity index (χ0) is 18.8. The Morgan fingerprint density at radius 2 is 2.00 bits per heavy atom. The van der Waals surface area contributed by atoms with Gasteiger partial charge < -0.3 is 15.1 Å². The van der Waals surface area contributed by atoms with Crippen LogP contribution in [0.15, 0.2) is 41.5 Å². The summed E-state index contributed by atoms with van der Waals surface area (Å²) in [6, 6.07) is 6.84. The molecule has 9 heteroatoms. The number of likely N-dealkylation sites (N-methyl/N-ethyl adjacent to an activating group) is 1. The zero-order valence-electron chi connectivity index (χ0n) is 15.0. The smallest absolute Gasteiger partial charge is 0.338 e. The summed E-state index contributed by atoms with van der Waals surface area (Å²) >= 11 is 1.04. The van der Waals surface area contributed by atoms with E-state index in [2.05, 4.69) is 32.1 Å². The summed E-state index contributed by atoms with van der Waals surface area (Å²) < 4.78 is 1.10. The number of pyridine rings is 2. The molecule has 0 aliphatic carbocycles. The van der Waals surface area contributed by atoms with Gasteiger partial charge in [0.2, 0.25) is 0 Å². The number of nitrogens with zero attached hydrogens (tertiary/aromatic N) is 5. The van der Waals surface area contributed by atoms with E-state index in [0.717, 1.165) is 53.0 Å². The highest BCUT2D eigenvalue weighted by Gasteiger charge is 2.16. The van der Waals surface area contributed by atoms with Crippen LogP contribution in [0, 0.1) is 0 Å². The maximum atomic E-state index is 12.4. The first kappa shape index (κ1) is 17.6. The molecule has 1 amide bonds. The van der Waals surface area contributed by atoms with E-state index < -0.39 is 6.03 Å². The van der Waals surface area contributed by atoms with Gasteiger partial charge in [-0.15, -0.1) is 0 Å². The number of nitrogens with one attached hydrogen (secondary N) is 1. The van der Waals surface area contributed by atoms with Crippen molar-refractivity contribution in [2.75, 3.05) is 38.1 Å². The van der Waals surface area contributed by atoms with Gasteiger partial charge in [0.05, 0.1) is 5.39 Å². The Bertz CT molecular complexity index is 1000. The van der Waals surface area contributed by atoms with E-state index in [9.17, 15) is 9.59 Å². The molecule has 0 spiro atoms. The van der Waals surface area contributed by atoms with Crippen LogP contribution in [0.5, 0.6) is 0 Å². The maximum Gasteiger partial charge on any atom is 0.338 e. The first-order valence-corrected chi connectivity index (χ1v) is 9.53. The van der Waals surface area contributed by atoms with Crippen LogP contribution in [0.25, 0.3) is 10.2 Å². The second-order valence-electron chi connectivity index (χ2n) is 6.52. The minimum atomic E-state index is -0.453. The fourth-order valence-corrected chi connectivity index (χ4v) is 3.85. The number of rotatable bonds is 3. The highest BCUT2D eigenvalue weighted by atomic mass is 32.1. The van der Waals surface area contributed by atoms with Gasteiger partial charge in [0.1, 0.15) is 10.6 Å². The minimum Gasteiger partial charge on any atom is -0.354 e. The molecule has 0 saturated carbocycles. The molecule has 8 nitrogen and oxygen atoms in total. The number of piperazine rings is 1. The largest absolute Gasteiger partial charge is 0.354 e. The highest BCUT2D eigenvalue weighted by molar-refractivity contribution is 7.14. The minimum absolute atomic E-state index is 0.308. The standard InChI is InChI=1S/C18H20N6O2S/c1-22-7-9-23(10-8-22)15-5-4-13(11-20-15)12-21-18(26)24-17(25)14-3-2-6-19-16(14)27-24/h2-6,11H,7-10,12H2,1H3,(H,21,26). The number of fused-ring (bicyclic) bond motifs is 1. The van der Waals surface area contributed by atoms with E-state index >= 15 is 0 Å². The number of hydrogen-bond donors (Lipinski definition) is 1. The summed E-state index contributed by atoms with van der Waals surface area (Å²) in [5.74, 6) is 0.949. The van der Waals surface area contributed by atoms with Crippen LogP contribution in [-0.2, 0) is 6.54 Å². The first-order chi connectivity index (χ1) is 13.1. The van der Waals surface area contributed by atoms with Gasteiger partial charge in [0, 0.05) is 45.1 Å². The van der Waals surface area contributed by atoms with Crippen LogP contribution < -0.4 is 15.8 Å². The van der Waals surface area contributed by atoms with Crippen molar-refractivity contribution in [3.8, 4) is 0 Å². The molecule has 0 unspecified atom stereocenters. The van der Waals surface area contributed by atoms with E-state index in [-0.39, 0.29) is 5.56 Å². The molecule has 1 saturated heterocycles. The number of aromatic nitrogens is 3. The Balaban J connectivity index is 1.40. The summed E-state index contributed by atoms with van der Waals surface area (Å²) in [4.78, 5) is 38.4. The fourth-order valence-electron chi connectivity index (χ4n) is 2.99. The molecular weight excluding hydrogens is 364 g/mol. The van der Waals surface area contributed by atoms with Gasteiger partial charge in [-0.3, -0.25) is 4.79 Å². The molecule has 0 bridgehead atoms. The van der Waals surface area contributed by atoms with Gasteiger partial charge >= 0.3 is 6.03 Å². The highest BCUT2D eigenvalue weighted by Crippen LogP contribution is 2.14. The fraction of sp³-hybridized carbons (Fsp3) is 0.333. The lowest BCUT2D eigenvalue weighted by atomic mass is 10.2. The summed E-state index contributed by atoms with van der Waals surface area (Å²) in [7, 11) is 2.12. The molecular formula is C18H20N6O2S. The topological polar surface area (TPSA) is 83.4 Å². The molecule has 1 fully saturated rings. The molecule has 1 aliphatic heterocycles. The predicted molar refractivity (Wildman–Crippen MR) is 105 cm³/mol. The van der Waals surface area contributed by atoms with E-state index in [0.29, 0.717) is 16.8 Å². The number of amides is 1. The quantitative estimate of drug-likeness (QED) is 0.734. The van der Waals surface area contributed by atoms with Crippen molar-refractivity contribution in [3.05, 3.63) is 52.6 Å². The van der Waals surface area contributed by atoms with Gasteiger partial charge in [-0.1, -0.05) is 6.07 Å². The van der Waals surface area contributed by atoms with Gasteiger partial charge in [-0.25, -0.2) is 14.8 Å². The number of carbonyl (C=O) groups excluding carboxylic acids is 1. The Kier molecular flexibility index (Phi) is 4.87. The molecule has 0 atom stereocenters. The summed E-state index contributed by atoms with van der Waals surface area (Å²) in [6.07, 6.45) is 3.37. The molecule has 27 heavy (non-hydrogen) atoms. The SMILES string of the molecule is CN1CCN(c2ccc(CNC(=O)n3sc4ncccc4c3=O)cn2)CC1. The second-order valence-corrected chi connectivity index (χ2v) is 7.46. The molecule has 0 aromatic carbocycles. The lowest BCUT2D eigenvalue weighted by molar-refractivity contribution is 0.243. The molecule has 140 valence electrons. The van der Waals surface area contributed by atoms with Crippen LogP contribution in [0.4, 0.5) is 10.6 Å². The first-order valence-electron chi connectivity index (χ1n) is 8.75. The van der Waals surface area contributed by atoms with Crippen molar-refractivity contribution >= 4 is 33.6 Å². The molecule has 4 heterocycles. The van der Waals surface area contributed by atoms with E-state index in [4.69, 9.17) is 0 Å². The summed E-state index contributed by atoms with van der Waals surface area (Å²) in [5.41, 5.74) is 0.539. The van der Waals surface area contributed by atoms with E-state index in [1.165, 1.54) is 0 Å². The van der Waals surface area contributed by atoms with Crippen LogP contribution in [0.2, 0.25) is 0 Å². The Hall–Kier alpha value is -2.78. The molecule has 3 aromatic rings. The maximum absolute atomic E-state index is 12.4. The lowest BCUT2D eigenvalue weighted by Gasteiger charge is -2.33. The molecule has 1 aliphatic rings. The van der Waals surface area contributed by atoms with Crippen LogP contribution in [-0.4, -0.2) is 58.1 Å². The van der Waals surface area contributed by atoms with Gasteiger partial charge in [0.25, 0.3) is 5.56 Å². The van der Waals surface area contributed by atoms with Gasteiger partial charge in [-0.2, -0.15) is 3.96 Å². The normalized spacial score (nSPS) is 15.2.